The topological polar surface area (TPSA) is 105 Å². The number of ether oxygens (including phenoxy) is 2. The minimum absolute atomic E-state index is 0.107. The Morgan fingerprint density at radius 3 is 2.60 bits per heavy atom. The molecule has 2 aromatic rings. The molecule has 0 spiro atoms. The monoisotopic (exact) mass is 360 g/mol. The van der Waals surface area contributed by atoms with Crippen LogP contribution in [0.5, 0.6) is 11.5 Å². The van der Waals surface area contributed by atoms with Crippen LogP contribution in [0.4, 0.5) is 0 Å². The van der Waals surface area contributed by atoms with Gasteiger partial charge in [0, 0.05) is 6.07 Å². The summed E-state index contributed by atoms with van der Waals surface area (Å²) in [6.45, 7) is 1.39. The summed E-state index contributed by atoms with van der Waals surface area (Å²) >= 11 is 0. The lowest BCUT2D eigenvalue weighted by molar-refractivity contribution is -0.125. The normalized spacial score (nSPS) is 11.9. The summed E-state index contributed by atoms with van der Waals surface area (Å²) in [5.74, 6) is -0.301. The van der Waals surface area contributed by atoms with Gasteiger partial charge in [0.1, 0.15) is 17.6 Å². The Bertz CT molecular complexity index is 919. The van der Waals surface area contributed by atoms with Crippen LogP contribution in [0, 0.1) is 11.3 Å². The number of nitriles is 1. The molecule has 1 amide bonds. The number of sulfonamides is 1. The first-order chi connectivity index (χ1) is 11.9. The fourth-order valence-electron chi connectivity index (χ4n) is 1.95. The lowest BCUT2D eigenvalue weighted by Crippen LogP contribution is -2.40. The van der Waals surface area contributed by atoms with E-state index in [1.807, 2.05) is 10.8 Å². The molecule has 0 saturated heterocycles. The molecule has 0 bridgehead atoms. The zero-order valence-corrected chi connectivity index (χ0v) is 14.4. The molecule has 0 unspecified atom stereocenters. The summed E-state index contributed by atoms with van der Waals surface area (Å²) in [4.78, 5) is 12.1. The van der Waals surface area contributed by atoms with E-state index in [0.29, 0.717) is 5.75 Å². The lowest BCUT2D eigenvalue weighted by Gasteiger charge is -2.15. The van der Waals surface area contributed by atoms with Gasteiger partial charge in [0.25, 0.3) is 15.9 Å². The van der Waals surface area contributed by atoms with E-state index in [2.05, 4.69) is 0 Å². The van der Waals surface area contributed by atoms with E-state index in [1.54, 1.807) is 18.2 Å². The maximum absolute atomic E-state index is 12.3. The van der Waals surface area contributed by atoms with Crippen LogP contribution in [-0.2, 0) is 14.8 Å². The molecule has 0 radical (unpaired) electrons. The molecule has 0 aliphatic rings. The van der Waals surface area contributed by atoms with Crippen molar-refractivity contribution in [3.05, 3.63) is 54.1 Å². The number of amides is 1. The first-order valence-corrected chi connectivity index (χ1v) is 8.72. The van der Waals surface area contributed by atoms with Crippen LogP contribution in [0.1, 0.15) is 12.5 Å². The number of carbonyl (C=O) groups is 1. The molecular weight excluding hydrogens is 344 g/mol. The molecular formula is C17H16N2O5S. The van der Waals surface area contributed by atoms with E-state index in [4.69, 9.17) is 14.7 Å². The van der Waals surface area contributed by atoms with Crippen LogP contribution >= 0.6 is 0 Å². The maximum Gasteiger partial charge on any atom is 0.274 e. The van der Waals surface area contributed by atoms with Crippen molar-refractivity contribution in [2.75, 3.05) is 7.11 Å². The van der Waals surface area contributed by atoms with Crippen molar-refractivity contribution >= 4 is 15.9 Å². The fraction of sp³-hybridized carbons (Fsp3) is 0.176. The van der Waals surface area contributed by atoms with Crippen LogP contribution < -0.4 is 14.2 Å². The van der Waals surface area contributed by atoms with E-state index >= 15 is 0 Å². The highest BCUT2D eigenvalue weighted by Gasteiger charge is 2.23. The Labute approximate surface area is 145 Å². The van der Waals surface area contributed by atoms with Gasteiger partial charge in [-0.15, -0.1) is 0 Å². The smallest absolute Gasteiger partial charge is 0.274 e. The largest absolute Gasteiger partial charge is 0.497 e. The predicted octanol–water partition coefficient (Wildman–Crippen LogP) is 1.84. The highest BCUT2D eigenvalue weighted by atomic mass is 32.2. The Morgan fingerprint density at radius 1 is 1.20 bits per heavy atom. The quantitative estimate of drug-likeness (QED) is 0.843. The van der Waals surface area contributed by atoms with E-state index in [9.17, 15) is 13.2 Å². The predicted molar refractivity (Wildman–Crippen MR) is 89.6 cm³/mol. The van der Waals surface area contributed by atoms with Crippen molar-refractivity contribution in [2.24, 2.45) is 0 Å². The summed E-state index contributed by atoms with van der Waals surface area (Å²) in [6, 6.07) is 14.0. The number of rotatable bonds is 6. The standard InChI is InChI=1S/C17H16N2O5S/c1-12(24-16-9-4-3-6-13(16)11-18)17(20)19-25(21,22)15-8-5-7-14(10-15)23-2/h3-10,12H,1-2H3,(H,19,20)/t12-/m1/s1. The molecule has 0 aliphatic heterocycles. The van der Waals surface area contributed by atoms with Crippen molar-refractivity contribution in [1.29, 1.82) is 5.26 Å². The molecule has 0 heterocycles. The fourth-order valence-corrected chi connectivity index (χ4v) is 3.03. The SMILES string of the molecule is COc1cccc(S(=O)(=O)NC(=O)[C@@H](C)Oc2ccccc2C#N)c1. The molecule has 0 aromatic heterocycles. The molecule has 2 aromatic carbocycles. The minimum Gasteiger partial charge on any atom is -0.497 e. The van der Waals surface area contributed by atoms with Gasteiger partial charge >= 0.3 is 0 Å². The number of nitrogens with one attached hydrogen (secondary N) is 1. The first-order valence-electron chi connectivity index (χ1n) is 7.24. The third-order valence-corrected chi connectivity index (χ3v) is 4.61. The minimum atomic E-state index is -4.07. The van der Waals surface area contributed by atoms with E-state index < -0.39 is 22.0 Å². The second-order valence-electron chi connectivity index (χ2n) is 5.02. The van der Waals surface area contributed by atoms with Crippen molar-refractivity contribution < 1.29 is 22.7 Å². The van der Waals surface area contributed by atoms with Gasteiger partial charge in [0.15, 0.2) is 6.10 Å². The summed E-state index contributed by atoms with van der Waals surface area (Å²) in [7, 11) is -2.66. The third kappa shape index (κ3) is 4.49. The lowest BCUT2D eigenvalue weighted by atomic mass is 10.2. The molecule has 25 heavy (non-hydrogen) atoms. The Kier molecular flexibility index (Phi) is 5.62. The van der Waals surface area contributed by atoms with Gasteiger partial charge in [-0.25, -0.2) is 13.1 Å². The van der Waals surface area contributed by atoms with Gasteiger partial charge in [0.05, 0.1) is 17.6 Å². The van der Waals surface area contributed by atoms with E-state index in [1.165, 1.54) is 44.4 Å². The summed E-state index contributed by atoms with van der Waals surface area (Å²) < 4.78 is 36.9. The highest BCUT2D eigenvalue weighted by Crippen LogP contribution is 2.19. The van der Waals surface area contributed by atoms with Crippen molar-refractivity contribution in [1.82, 2.24) is 4.72 Å². The number of carbonyl (C=O) groups excluding carboxylic acids is 1. The average molecular weight is 360 g/mol. The van der Waals surface area contributed by atoms with Crippen molar-refractivity contribution in [2.45, 2.75) is 17.9 Å². The molecule has 0 saturated carbocycles. The number of hydrogen-bond acceptors (Lipinski definition) is 6. The van der Waals surface area contributed by atoms with Gasteiger partial charge in [-0.2, -0.15) is 5.26 Å². The number of nitrogens with zero attached hydrogens (tertiary/aromatic N) is 1. The molecule has 7 nitrogen and oxygen atoms in total. The van der Waals surface area contributed by atoms with Gasteiger partial charge in [-0.05, 0) is 31.2 Å². The van der Waals surface area contributed by atoms with Crippen LogP contribution in [0.2, 0.25) is 0 Å². The first kappa shape index (κ1) is 18.3. The number of para-hydroxylation sites is 1. The Morgan fingerprint density at radius 2 is 1.92 bits per heavy atom. The molecule has 8 heteroatoms. The summed E-state index contributed by atoms with van der Waals surface area (Å²) in [6.07, 6.45) is -1.12. The van der Waals surface area contributed by atoms with Crippen molar-refractivity contribution in [3.8, 4) is 17.6 Å². The van der Waals surface area contributed by atoms with E-state index in [-0.39, 0.29) is 16.2 Å². The molecule has 2 rings (SSSR count). The molecule has 0 fully saturated rings. The second kappa shape index (κ2) is 7.68. The zero-order chi connectivity index (χ0) is 18.4. The summed E-state index contributed by atoms with van der Waals surface area (Å²) in [5.41, 5.74) is 0.248. The Hall–Kier alpha value is -3.05. The molecule has 1 atom stereocenters. The third-order valence-electron chi connectivity index (χ3n) is 3.27. The van der Waals surface area contributed by atoms with Crippen LogP contribution in [0.25, 0.3) is 0 Å². The van der Waals surface area contributed by atoms with Gasteiger partial charge in [-0.3, -0.25) is 4.79 Å². The average Bonchev–Trinajstić information content (AvgIpc) is 2.61. The number of benzene rings is 2. The molecule has 1 N–H and O–H groups in total. The zero-order valence-electron chi connectivity index (χ0n) is 13.6. The van der Waals surface area contributed by atoms with Gasteiger partial charge < -0.3 is 9.47 Å². The molecule has 0 aliphatic carbocycles. The highest BCUT2D eigenvalue weighted by molar-refractivity contribution is 7.90. The van der Waals surface area contributed by atoms with Crippen molar-refractivity contribution in [3.63, 3.8) is 0 Å². The van der Waals surface area contributed by atoms with Gasteiger partial charge in [0.2, 0.25) is 0 Å². The number of hydrogen-bond donors (Lipinski definition) is 1. The second-order valence-corrected chi connectivity index (χ2v) is 6.70. The van der Waals surface area contributed by atoms with Crippen LogP contribution in [-0.4, -0.2) is 27.5 Å². The van der Waals surface area contributed by atoms with Crippen LogP contribution in [0.15, 0.2) is 53.4 Å². The van der Waals surface area contributed by atoms with Gasteiger partial charge in [-0.1, -0.05) is 18.2 Å². The van der Waals surface area contributed by atoms with E-state index in [0.717, 1.165) is 0 Å². The number of methoxy groups -OCH3 is 1. The Balaban J connectivity index is 2.13. The van der Waals surface area contributed by atoms with Crippen LogP contribution in [0.3, 0.4) is 0 Å². The molecule has 130 valence electrons. The maximum atomic E-state index is 12.3. The summed E-state index contributed by atoms with van der Waals surface area (Å²) in [5, 5.41) is 9.02.